The number of aromatic amines is 1. The van der Waals surface area contributed by atoms with Gasteiger partial charge in [0.1, 0.15) is 18.1 Å². The number of unbranched alkanes of at least 4 members (excludes halogenated alkanes) is 1. The van der Waals surface area contributed by atoms with Crippen molar-refractivity contribution in [2.75, 3.05) is 6.54 Å². The average molecular weight is 823 g/mol. The predicted molar refractivity (Wildman–Crippen MR) is 237 cm³/mol. The first-order chi connectivity index (χ1) is 29.6. The maximum atomic E-state index is 14.6. The molecule has 4 amide bonds. The summed E-state index contributed by atoms with van der Waals surface area (Å²) in [6, 6.07) is 31.3. The van der Waals surface area contributed by atoms with Crippen LogP contribution in [0.3, 0.4) is 0 Å². The molecular formula is C48H54N8O5. The van der Waals surface area contributed by atoms with Gasteiger partial charge in [0.2, 0.25) is 23.6 Å². The third-order valence-electron chi connectivity index (χ3n) is 10.8. The summed E-state index contributed by atoms with van der Waals surface area (Å²) in [5, 5.41) is 15.5. The minimum Gasteiger partial charge on any atom is -0.348 e. The van der Waals surface area contributed by atoms with E-state index >= 15 is 0 Å². The van der Waals surface area contributed by atoms with Gasteiger partial charge in [0.25, 0.3) is 0 Å². The quantitative estimate of drug-likeness (QED) is 0.0527. The fourth-order valence-corrected chi connectivity index (χ4v) is 7.37. The van der Waals surface area contributed by atoms with Gasteiger partial charge < -0.3 is 37.7 Å². The summed E-state index contributed by atoms with van der Waals surface area (Å²) >= 11 is 0. The number of nitrogens with one attached hydrogen (secondary N) is 5. The van der Waals surface area contributed by atoms with E-state index in [0.29, 0.717) is 31.5 Å². The third kappa shape index (κ3) is 12.7. The van der Waals surface area contributed by atoms with Crippen molar-refractivity contribution in [2.45, 2.75) is 82.1 Å². The number of hydrogen-bond donors (Lipinski definition) is 7. The molecule has 0 aliphatic carbocycles. The molecule has 13 heteroatoms. The van der Waals surface area contributed by atoms with Crippen LogP contribution in [0.1, 0.15) is 48.6 Å². The molecule has 5 atom stereocenters. The smallest absolute Gasteiger partial charge is 0.243 e. The number of Topliss-reactive ketones (excluding diaryl/α,β-unsaturated/α-hetero) is 1. The molecule has 9 N–H and O–H groups in total. The second-order valence-electron chi connectivity index (χ2n) is 15.5. The van der Waals surface area contributed by atoms with Crippen LogP contribution in [0.2, 0.25) is 0 Å². The number of fused-ring (bicyclic) bond motifs is 2. The summed E-state index contributed by atoms with van der Waals surface area (Å²) in [5.41, 5.74) is 15.0. The molecule has 5 aromatic carbocycles. The summed E-state index contributed by atoms with van der Waals surface area (Å²) in [7, 11) is 0. The lowest BCUT2D eigenvalue weighted by atomic mass is 9.98. The van der Waals surface area contributed by atoms with Crippen LogP contribution >= 0.6 is 0 Å². The van der Waals surface area contributed by atoms with E-state index in [0.717, 1.165) is 38.2 Å². The summed E-state index contributed by atoms with van der Waals surface area (Å²) < 4.78 is 0. The monoisotopic (exact) mass is 822 g/mol. The Kier molecular flexibility index (Phi) is 15.5. The number of benzene rings is 5. The molecule has 0 saturated carbocycles. The molecule has 316 valence electrons. The Morgan fingerprint density at radius 2 is 1.03 bits per heavy atom. The highest BCUT2D eigenvalue weighted by atomic mass is 16.2. The van der Waals surface area contributed by atoms with Gasteiger partial charge in [-0.1, -0.05) is 115 Å². The molecule has 0 spiro atoms. The van der Waals surface area contributed by atoms with Crippen LogP contribution in [0.4, 0.5) is 0 Å². The summed E-state index contributed by atoms with van der Waals surface area (Å²) in [5.74, 6) is -2.53. The van der Waals surface area contributed by atoms with Crippen molar-refractivity contribution in [3.63, 3.8) is 0 Å². The van der Waals surface area contributed by atoms with E-state index in [1.807, 2.05) is 115 Å². The second kappa shape index (κ2) is 21.5. The van der Waals surface area contributed by atoms with Crippen molar-refractivity contribution in [2.24, 2.45) is 11.5 Å². The molecular weight excluding hydrogens is 769 g/mol. The summed E-state index contributed by atoms with van der Waals surface area (Å²) in [6.45, 7) is 1.88. The van der Waals surface area contributed by atoms with E-state index in [1.54, 1.807) is 6.20 Å². The van der Waals surface area contributed by atoms with Crippen LogP contribution in [-0.4, -0.2) is 76.1 Å². The minimum atomic E-state index is -1.19. The van der Waals surface area contributed by atoms with Gasteiger partial charge in [-0.15, -0.1) is 0 Å². The van der Waals surface area contributed by atoms with Crippen molar-refractivity contribution in [1.29, 1.82) is 0 Å². The molecule has 6 rings (SSSR count). The average Bonchev–Trinajstić information content (AvgIpc) is 3.78. The van der Waals surface area contributed by atoms with E-state index in [9.17, 15) is 24.0 Å². The lowest BCUT2D eigenvalue weighted by molar-refractivity contribution is -0.134. The molecule has 1 aromatic heterocycles. The Hall–Kier alpha value is -6.70. The first-order valence-corrected chi connectivity index (χ1v) is 20.7. The van der Waals surface area contributed by atoms with Gasteiger partial charge in [0, 0.05) is 37.6 Å². The zero-order chi connectivity index (χ0) is 43.1. The molecule has 0 radical (unpaired) electrons. The lowest BCUT2D eigenvalue weighted by Gasteiger charge is -2.27. The number of carbonyl (C=O) groups is 5. The van der Waals surface area contributed by atoms with E-state index in [2.05, 4.69) is 31.2 Å². The molecule has 6 aromatic rings. The lowest BCUT2D eigenvalue weighted by Crippen LogP contribution is -2.59. The van der Waals surface area contributed by atoms with Gasteiger partial charge in [-0.2, -0.15) is 0 Å². The van der Waals surface area contributed by atoms with Crippen LogP contribution in [0.5, 0.6) is 0 Å². The summed E-state index contributed by atoms with van der Waals surface area (Å²) in [4.78, 5) is 76.4. The Morgan fingerprint density at radius 1 is 0.557 bits per heavy atom. The van der Waals surface area contributed by atoms with Gasteiger partial charge in [0.05, 0.1) is 18.4 Å². The largest absolute Gasteiger partial charge is 0.348 e. The molecule has 0 bridgehead atoms. The van der Waals surface area contributed by atoms with Gasteiger partial charge in [-0.05, 0) is 71.0 Å². The van der Waals surface area contributed by atoms with Crippen molar-refractivity contribution >= 4 is 51.0 Å². The molecule has 0 aliphatic rings. The first-order valence-electron chi connectivity index (χ1n) is 20.7. The number of ketones is 1. The highest BCUT2D eigenvalue weighted by Crippen LogP contribution is 2.19. The SMILES string of the molecule is CC(=O)C(CCCCN)NC(=O)C(Cc1ccccc1)NC(=O)C(Cc1ccc2ccccc2c1)NC(=O)C(Cc1ccc2ccccc2c1)NC(=O)C(N)Cc1cnc[nH]1. The van der Waals surface area contributed by atoms with Crippen molar-refractivity contribution in [3.8, 4) is 0 Å². The fraction of sp³-hybridized carbons (Fsp3) is 0.292. The van der Waals surface area contributed by atoms with Gasteiger partial charge in [-0.25, -0.2) is 4.98 Å². The van der Waals surface area contributed by atoms with Crippen molar-refractivity contribution in [1.82, 2.24) is 31.2 Å². The number of imidazole rings is 1. The minimum absolute atomic E-state index is 0.0627. The van der Waals surface area contributed by atoms with Crippen molar-refractivity contribution < 1.29 is 24.0 Å². The van der Waals surface area contributed by atoms with Crippen LogP contribution in [0.25, 0.3) is 21.5 Å². The topological polar surface area (TPSA) is 214 Å². The first kappa shape index (κ1) is 43.9. The number of aromatic nitrogens is 2. The van der Waals surface area contributed by atoms with Crippen LogP contribution in [0, 0.1) is 0 Å². The Morgan fingerprint density at radius 3 is 1.52 bits per heavy atom. The normalized spacial score (nSPS) is 13.7. The van der Waals surface area contributed by atoms with E-state index in [-0.39, 0.29) is 31.5 Å². The fourth-order valence-electron chi connectivity index (χ4n) is 7.37. The third-order valence-corrected chi connectivity index (χ3v) is 10.8. The molecule has 0 saturated heterocycles. The maximum Gasteiger partial charge on any atom is 0.243 e. The highest BCUT2D eigenvalue weighted by molar-refractivity contribution is 5.96. The Balaban J connectivity index is 1.30. The van der Waals surface area contributed by atoms with Crippen molar-refractivity contribution in [3.05, 3.63) is 150 Å². The maximum absolute atomic E-state index is 14.6. The number of hydrogen-bond acceptors (Lipinski definition) is 8. The second-order valence-corrected chi connectivity index (χ2v) is 15.5. The molecule has 1 heterocycles. The van der Waals surface area contributed by atoms with E-state index in [1.165, 1.54) is 13.3 Å². The number of H-pyrrole nitrogens is 1. The number of amides is 4. The number of nitrogens with two attached hydrogens (primary N) is 2. The molecule has 61 heavy (non-hydrogen) atoms. The highest BCUT2D eigenvalue weighted by Gasteiger charge is 2.32. The van der Waals surface area contributed by atoms with Crippen LogP contribution < -0.4 is 32.7 Å². The van der Waals surface area contributed by atoms with Crippen LogP contribution in [-0.2, 0) is 49.7 Å². The zero-order valence-corrected chi connectivity index (χ0v) is 34.3. The number of carbonyl (C=O) groups excluding carboxylic acids is 5. The zero-order valence-electron chi connectivity index (χ0n) is 34.3. The van der Waals surface area contributed by atoms with Crippen LogP contribution in [0.15, 0.2) is 128 Å². The predicted octanol–water partition coefficient (Wildman–Crippen LogP) is 3.97. The van der Waals surface area contributed by atoms with E-state index in [4.69, 9.17) is 11.5 Å². The van der Waals surface area contributed by atoms with Gasteiger partial charge in [-0.3, -0.25) is 24.0 Å². The molecule has 0 aliphatic heterocycles. The van der Waals surface area contributed by atoms with Gasteiger partial charge in [0.15, 0.2) is 5.78 Å². The standard InChI is InChI=1S/C48H54N8O5/c1-31(57)41(17-9-10-22-49)53-46(59)42(25-32-11-3-2-4-12-32)55-48(61)44(27-34-19-21-36-14-6-8-16-38(36)24-34)56-47(60)43(54-45(58)40(50)28-39-29-51-30-52-39)26-33-18-20-35-13-5-7-15-37(35)23-33/h2-8,11-16,18-21,23-24,29-30,40-44H,9-10,17,22,25-28,49-50H2,1H3,(H,51,52)(H,53,59)(H,54,58)(H,55,61)(H,56,60). The Labute approximate surface area is 355 Å². The van der Waals surface area contributed by atoms with Gasteiger partial charge >= 0.3 is 0 Å². The molecule has 0 fully saturated rings. The molecule has 13 nitrogen and oxygen atoms in total. The van der Waals surface area contributed by atoms with E-state index < -0.39 is 53.8 Å². The number of rotatable bonds is 21. The Bertz CT molecular complexity index is 2420. The number of nitrogens with zero attached hydrogens (tertiary/aromatic N) is 1. The summed E-state index contributed by atoms with van der Waals surface area (Å²) in [6.07, 6.45) is 5.25. The molecule has 5 unspecified atom stereocenters.